The predicted octanol–water partition coefficient (Wildman–Crippen LogP) is 4.42. The summed E-state index contributed by atoms with van der Waals surface area (Å²) in [4.78, 5) is 35.7. The number of nitrogens with one attached hydrogen (secondary N) is 5. The molecule has 0 aliphatic heterocycles. The van der Waals surface area contributed by atoms with Crippen molar-refractivity contribution in [2.24, 2.45) is 20.5 Å². The van der Waals surface area contributed by atoms with Crippen LogP contribution in [0.15, 0.2) is 78.6 Å². The van der Waals surface area contributed by atoms with Crippen LogP contribution in [0, 0.1) is 13.8 Å². The highest BCUT2D eigenvalue weighted by molar-refractivity contribution is 6.04. The maximum absolute atomic E-state index is 12.5. The predicted molar refractivity (Wildman–Crippen MR) is 121 cm³/mol. The lowest BCUT2D eigenvalue weighted by Crippen LogP contribution is -2.11. The van der Waals surface area contributed by atoms with Crippen LogP contribution in [-0.2, 0) is 0 Å². The molecule has 0 bridgehead atoms. The van der Waals surface area contributed by atoms with Gasteiger partial charge in [0.2, 0.25) is 0 Å². The van der Waals surface area contributed by atoms with Gasteiger partial charge in [0.1, 0.15) is 0 Å². The molecule has 2 aromatic carbocycles. The summed E-state index contributed by atoms with van der Waals surface area (Å²) in [5, 5.41) is 28.9. The van der Waals surface area contributed by atoms with Crippen LogP contribution in [0.1, 0.15) is 21.7 Å². The number of anilines is 1. The first kappa shape index (κ1) is 21.4. The molecule has 0 saturated heterocycles. The fraction of sp³-hybridized carbons (Fsp3) is 0.0952. The first-order valence-electron chi connectivity index (χ1n) is 9.80. The molecule has 0 spiro atoms. The van der Waals surface area contributed by atoms with E-state index in [0.717, 1.165) is 0 Å². The van der Waals surface area contributed by atoms with Crippen LogP contribution in [0.2, 0.25) is 0 Å². The molecule has 0 saturated carbocycles. The standard InChI is InChI=1S/C21H19N9O3/c1-11-17(20(32)29-23-11)27-25-15-5-3-13(4-6-15)19(31)22-14-7-9-16(10-8-14)26-28-18-12(2)24-30-21(18)33/h3-10H,1-2H3,(H,22,31)(H2,23,29,32)(H2,24,30,33). The molecule has 0 aliphatic rings. The van der Waals surface area contributed by atoms with E-state index in [-0.39, 0.29) is 28.4 Å². The zero-order valence-electron chi connectivity index (χ0n) is 17.6. The van der Waals surface area contributed by atoms with Gasteiger partial charge in [0.15, 0.2) is 11.4 Å². The summed E-state index contributed by atoms with van der Waals surface area (Å²) in [6.07, 6.45) is 0. The third kappa shape index (κ3) is 4.90. The number of amides is 1. The number of azo groups is 2. The van der Waals surface area contributed by atoms with Crippen molar-refractivity contribution in [2.75, 3.05) is 5.32 Å². The van der Waals surface area contributed by atoms with E-state index in [2.05, 4.69) is 46.2 Å². The van der Waals surface area contributed by atoms with Crippen molar-refractivity contribution in [3.8, 4) is 0 Å². The summed E-state index contributed by atoms with van der Waals surface area (Å²) in [6, 6.07) is 13.2. The summed E-state index contributed by atoms with van der Waals surface area (Å²) in [5.41, 5.74) is 2.91. The highest BCUT2D eigenvalue weighted by Gasteiger charge is 2.08. The number of aromatic nitrogens is 4. The van der Waals surface area contributed by atoms with Crippen molar-refractivity contribution < 1.29 is 4.79 Å². The second-order valence-corrected chi connectivity index (χ2v) is 7.05. The largest absolute Gasteiger partial charge is 0.322 e. The van der Waals surface area contributed by atoms with Gasteiger partial charge in [0.25, 0.3) is 17.0 Å². The molecule has 2 heterocycles. The maximum Gasteiger partial charge on any atom is 0.291 e. The molecular formula is C21H19N9O3. The van der Waals surface area contributed by atoms with E-state index in [9.17, 15) is 14.4 Å². The molecule has 12 heteroatoms. The topological polar surface area (TPSA) is 176 Å². The van der Waals surface area contributed by atoms with Gasteiger partial charge in [0, 0.05) is 11.3 Å². The fourth-order valence-corrected chi connectivity index (χ4v) is 2.83. The highest BCUT2D eigenvalue weighted by atomic mass is 16.2. The number of hydrogen-bond acceptors (Lipinski definition) is 7. The lowest BCUT2D eigenvalue weighted by Gasteiger charge is -2.05. The zero-order chi connectivity index (χ0) is 23.4. The van der Waals surface area contributed by atoms with Gasteiger partial charge in [0.05, 0.1) is 22.8 Å². The summed E-state index contributed by atoms with van der Waals surface area (Å²) in [5.74, 6) is -0.305. The van der Waals surface area contributed by atoms with Crippen molar-refractivity contribution in [2.45, 2.75) is 13.8 Å². The summed E-state index contributed by atoms with van der Waals surface area (Å²) < 4.78 is 0. The van der Waals surface area contributed by atoms with Crippen LogP contribution < -0.4 is 16.4 Å². The molecule has 4 aromatic rings. The maximum atomic E-state index is 12.5. The van der Waals surface area contributed by atoms with Crippen LogP contribution in [0.3, 0.4) is 0 Å². The minimum atomic E-state index is -0.354. The van der Waals surface area contributed by atoms with E-state index >= 15 is 0 Å². The lowest BCUT2D eigenvalue weighted by atomic mass is 10.2. The smallest absolute Gasteiger partial charge is 0.291 e. The SMILES string of the molecule is Cc1[nH][nH]c(=O)c1N=Nc1ccc(NC(=O)c2ccc(N=Nc3c(C)[nH][nH]c3=O)cc2)cc1. The highest BCUT2D eigenvalue weighted by Crippen LogP contribution is 2.21. The third-order valence-corrected chi connectivity index (χ3v) is 4.65. The van der Waals surface area contributed by atoms with Crippen LogP contribution in [0.4, 0.5) is 28.4 Å². The van der Waals surface area contributed by atoms with E-state index in [4.69, 9.17) is 0 Å². The molecule has 33 heavy (non-hydrogen) atoms. The summed E-state index contributed by atoms with van der Waals surface area (Å²) in [6.45, 7) is 3.42. The minimum Gasteiger partial charge on any atom is -0.322 e. The number of carbonyl (C=O) groups is 1. The quantitative estimate of drug-likeness (QED) is 0.277. The van der Waals surface area contributed by atoms with Gasteiger partial charge in [-0.05, 0) is 62.4 Å². The van der Waals surface area contributed by atoms with Crippen molar-refractivity contribution in [1.29, 1.82) is 0 Å². The Hall–Kier alpha value is -4.87. The Labute approximate surface area is 185 Å². The molecule has 166 valence electrons. The Balaban J connectivity index is 1.39. The molecule has 0 unspecified atom stereocenters. The van der Waals surface area contributed by atoms with Crippen LogP contribution in [0.5, 0.6) is 0 Å². The minimum absolute atomic E-state index is 0.204. The molecule has 5 N–H and O–H groups in total. The second-order valence-electron chi connectivity index (χ2n) is 7.05. The fourth-order valence-electron chi connectivity index (χ4n) is 2.83. The first-order chi connectivity index (χ1) is 15.9. The summed E-state index contributed by atoms with van der Waals surface area (Å²) >= 11 is 0. The molecule has 0 aliphatic carbocycles. The van der Waals surface area contributed by atoms with Crippen molar-refractivity contribution in [3.63, 3.8) is 0 Å². The Morgan fingerprint density at radius 1 is 0.667 bits per heavy atom. The average molecular weight is 445 g/mol. The number of nitrogens with zero attached hydrogens (tertiary/aromatic N) is 4. The normalized spacial score (nSPS) is 11.5. The van der Waals surface area contributed by atoms with E-state index < -0.39 is 0 Å². The molecule has 0 atom stereocenters. The number of hydrogen-bond donors (Lipinski definition) is 5. The van der Waals surface area contributed by atoms with Gasteiger partial charge in [-0.15, -0.1) is 10.2 Å². The monoisotopic (exact) mass is 445 g/mol. The van der Waals surface area contributed by atoms with Crippen molar-refractivity contribution in [3.05, 3.63) is 86.2 Å². The molecule has 0 fully saturated rings. The summed E-state index contributed by atoms with van der Waals surface area (Å²) in [7, 11) is 0. The van der Waals surface area contributed by atoms with E-state index in [1.807, 2.05) is 0 Å². The Kier molecular flexibility index (Phi) is 5.89. The lowest BCUT2D eigenvalue weighted by molar-refractivity contribution is 0.102. The third-order valence-electron chi connectivity index (χ3n) is 4.65. The Morgan fingerprint density at radius 3 is 1.55 bits per heavy atom. The second kappa shape index (κ2) is 9.09. The number of aromatic amines is 4. The van der Waals surface area contributed by atoms with E-state index in [0.29, 0.717) is 34.0 Å². The van der Waals surface area contributed by atoms with Gasteiger partial charge in [-0.1, -0.05) is 0 Å². The number of rotatable bonds is 6. The Morgan fingerprint density at radius 2 is 1.12 bits per heavy atom. The van der Waals surface area contributed by atoms with Crippen LogP contribution in [-0.4, -0.2) is 26.3 Å². The molecule has 0 radical (unpaired) electrons. The molecule has 4 rings (SSSR count). The average Bonchev–Trinajstić information content (AvgIpc) is 3.31. The van der Waals surface area contributed by atoms with Gasteiger partial charge >= 0.3 is 0 Å². The molecular weight excluding hydrogens is 426 g/mol. The molecule has 2 aromatic heterocycles. The van der Waals surface area contributed by atoms with E-state index in [1.54, 1.807) is 62.4 Å². The van der Waals surface area contributed by atoms with Gasteiger partial charge in [-0.3, -0.25) is 24.6 Å². The van der Waals surface area contributed by atoms with E-state index in [1.165, 1.54) is 0 Å². The van der Waals surface area contributed by atoms with Crippen molar-refractivity contribution in [1.82, 2.24) is 20.4 Å². The zero-order valence-corrected chi connectivity index (χ0v) is 17.6. The number of H-pyrrole nitrogens is 4. The number of aryl methyl sites for hydroxylation is 2. The first-order valence-corrected chi connectivity index (χ1v) is 9.80. The van der Waals surface area contributed by atoms with Gasteiger partial charge < -0.3 is 15.5 Å². The van der Waals surface area contributed by atoms with Crippen LogP contribution in [0.25, 0.3) is 0 Å². The van der Waals surface area contributed by atoms with Gasteiger partial charge in [-0.2, -0.15) is 10.2 Å². The van der Waals surface area contributed by atoms with Crippen LogP contribution >= 0.6 is 0 Å². The Bertz CT molecular complexity index is 1450. The number of benzene rings is 2. The van der Waals surface area contributed by atoms with Gasteiger partial charge in [-0.25, -0.2) is 0 Å². The molecule has 12 nitrogen and oxygen atoms in total. The number of carbonyl (C=O) groups excluding carboxylic acids is 1. The molecule has 1 amide bonds. The van der Waals surface area contributed by atoms with Crippen molar-refractivity contribution >= 4 is 34.3 Å².